The van der Waals surface area contributed by atoms with Crippen molar-refractivity contribution in [1.29, 1.82) is 0 Å². The highest BCUT2D eigenvalue weighted by molar-refractivity contribution is 5.99. The Bertz CT molecular complexity index is 813. The van der Waals surface area contributed by atoms with Gasteiger partial charge in [0, 0.05) is 5.69 Å². The molecule has 1 N–H and O–H groups in total. The number of cyclic esters (lactones) is 1. The molecule has 3 rings (SSSR count). The van der Waals surface area contributed by atoms with Gasteiger partial charge in [-0.2, -0.15) is 0 Å². The molecular formula is C20H22N2O5. The first-order valence-corrected chi connectivity index (χ1v) is 8.57. The van der Waals surface area contributed by atoms with Crippen LogP contribution in [-0.2, 0) is 4.74 Å². The molecule has 1 unspecified atom stereocenters. The van der Waals surface area contributed by atoms with Gasteiger partial charge < -0.3 is 19.5 Å². The number of carbonyl (C=O) groups is 2. The van der Waals surface area contributed by atoms with Gasteiger partial charge in [0.1, 0.15) is 23.2 Å². The minimum atomic E-state index is -0.441. The maximum Gasteiger partial charge on any atom is 0.414 e. The highest BCUT2D eigenvalue weighted by Gasteiger charge is 2.32. The molecule has 1 heterocycles. The van der Waals surface area contributed by atoms with Gasteiger partial charge in [-0.05, 0) is 31.2 Å². The van der Waals surface area contributed by atoms with Crippen LogP contribution in [0.25, 0.3) is 0 Å². The number of aryl methyl sites for hydroxylation is 1. The summed E-state index contributed by atoms with van der Waals surface area (Å²) in [5.74, 6) is 0.474. The normalized spacial score (nSPS) is 16.0. The molecule has 0 aliphatic carbocycles. The standard InChI is InChI=1S/C20H22N2O5/c1-13-7-9-14(10-8-13)22-12-15(27-20(22)24)11-21-19(23)18-16(25-2)5-4-6-17(18)26-3/h4-10,15H,11-12H2,1-3H3,(H,21,23). The smallest absolute Gasteiger partial charge is 0.414 e. The predicted molar refractivity (Wildman–Crippen MR) is 101 cm³/mol. The summed E-state index contributed by atoms with van der Waals surface area (Å²) in [6.45, 7) is 2.54. The van der Waals surface area contributed by atoms with Crippen LogP contribution in [0.2, 0.25) is 0 Å². The number of nitrogens with one attached hydrogen (secondary N) is 1. The van der Waals surface area contributed by atoms with Crippen molar-refractivity contribution in [3.05, 3.63) is 53.6 Å². The number of carbonyl (C=O) groups excluding carboxylic acids is 2. The van der Waals surface area contributed by atoms with Gasteiger partial charge in [0.25, 0.3) is 5.91 Å². The third kappa shape index (κ3) is 3.97. The number of benzene rings is 2. The molecule has 0 bridgehead atoms. The van der Waals surface area contributed by atoms with E-state index >= 15 is 0 Å². The van der Waals surface area contributed by atoms with Gasteiger partial charge in [-0.15, -0.1) is 0 Å². The van der Waals surface area contributed by atoms with E-state index in [0.29, 0.717) is 23.6 Å². The first kappa shape index (κ1) is 18.6. The van der Waals surface area contributed by atoms with Crippen LogP contribution in [0.1, 0.15) is 15.9 Å². The number of methoxy groups -OCH3 is 2. The predicted octanol–water partition coefficient (Wildman–Crippen LogP) is 2.77. The highest BCUT2D eigenvalue weighted by Crippen LogP contribution is 2.28. The number of nitrogens with zero attached hydrogens (tertiary/aromatic N) is 1. The van der Waals surface area contributed by atoms with Crippen LogP contribution in [0.15, 0.2) is 42.5 Å². The van der Waals surface area contributed by atoms with Gasteiger partial charge in [0.2, 0.25) is 0 Å². The van der Waals surface area contributed by atoms with Crippen LogP contribution in [0.4, 0.5) is 10.5 Å². The summed E-state index contributed by atoms with van der Waals surface area (Å²) in [5.41, 5.74) is 2.19. The second-order valence-electron chi connectivity index (χ2n) is 6.20. The summed E-state index contributed by atoms with van der Waals surface area (Å²) >= 11 is 0. The molecule has 1 aliphatic heterocycles. The van der Waals surface area contributed by atoms with Crippen molar-refractivity contribution in [2.24, 2.45) is 0 Å². The van der Waals surface area contributed by atoms with Gasteiger partial charge in [-0.1, -0.05) is 23.8 Å². The van der Waals surface area contributed by atoms with Crippen LogP contribution in [0.3, 0.4) is 0 Å². The van der Waals surface area contributed by atoms with E-state index in [-0.39, 0.29) is 12.5 Å². The van der Waals surface area contributed by atoms with Gasteiger partial charge in [0.05, 0.1) is 27.3 Å². The quantitative estimate of drug-likeness (QED) is 0.846. The van der Waals surface area contributed by atoms with Gasteiger partial charge in [0.15, 0.2) is 0 Å². The van der Waals surface area contributed by atoms with Gasteiger partial charge in [-0.25, -0.2) is 4.79 Å². The summed E-state index contributed by atoms with van der Waals surface area (Å²) in [6.07, 6.45) is -0.864. The van der Waals surface area contributed by atoms with E-state index in [1.54, 1.807) is 23.1 Å². The maximum atomic E-state index is 12.6. The van der Waals surface area contributed by atoms with E-state index < -0.39 is 12.2 Å². The maximum absolute atomic E-state index is 12.6. The third-order valence-electron chi connectivity index (χ3n) is 4.36. The fourth-order valence-corrected chi connectivity index (χ4v) is 2.93. The van der Waals surface area contributed by atoms with E-state index in [1.165, 1.54) is 14.2 Å². The average molecular weight is 370 g/mol. The Morgan fingerprint density at radius 2 is 1.78 bits per heavy atom. The molecule has 7 nitrogen and oxygen atoms in total. The number of ether oxygens (including phenoxy) is 3. The Balaban J connectivity index is 1.65. The SMILES string of the molecule is COc1cccc(OC)c1C(=O)NCC1CN(c2ccc(C)cc2)C(=O)O1. The largest absolute Gasteiger partial charge is 0.496 e. The van der Waals surface area contributed by atoms with Crippen LogP contribution in [-0.4, -0.2) is 45.4 Å². The first-order valence-electron chi connectivity index (χ1n) is 8.57. The molecule has 0 radical (unpaired) electrons. The molecule has 7 heteroatoms. The molecular weight excluding hydrogens is 348 g/mol. The molecule has 142 valence electrons. The van der Waals surface area contributed by atoms with Crippen molar-refractivity contribution < 1.29 is 23.8 Å². The minimum absolute atomic E-state index is 0.189. The van der Waals surface area contributed by atoms with Crippen molar-refractivity contribution in [1.82, 2.24) is 5.32 Å². The summed E-state index contributed by atoms with van der Waals surface area (Å²) < 4.78 is 15.9. The molecule has 2 aromatic rings. The van der Waals surface area contributed by atoms with Gasteiger partial charge >= 0.3 is 6.09 Å². The molecule has 1 fully saturated rings. The molecule has 1 saturated heterocycles. The van der Waals surface area contributed by atoms with Crippen molar-refractivity contribution >= 4 is 17.7 Å². The van der Waals surface area contributed by atoms with E-state index in [0.717, 1.165) is 11.3 Å². The number of anilines is 1. The van der Waals surface area contributed by atoms with Gasteiger partial charge in [-0.3, -0.25) is 9.69 Å². The number of amides is 2. The molecule has 0 saturated carbocycles. The monoisotopic (exact) mass is 370 g/mol. The second-order valence-corrected chi connectivity index (χ2v) is 6.20. The lowest BCUT2D eigenvalue weighted by molar-refractivity contribution is 0.0910. The molecule has 0 spiro atoms. The second kappa shape index (κ2) is 7.99. The lowest BCUT2D eigenvalue weighted by Gasteiger charge is -2.15. The number of hydrogen-bond donors (Lipinski definition) is 1. The van der Waals surface area contributed by atoms with Crippen molar-refractivity contribution in [2.45, 2.75) is 13.0 Å². The Labute approximate surface area is 157 Å². The fraction of sp³-hybridized carbons (Fsp3) is 0.300. The molecule has 2 amide bonds. The Kier molecular flexibility index (Phi) is 5.49. The highest BCUT2D eigenvalue weighted by atomic mass is 16.6. The lowest BCUT2D eigenvalue weighted by atomic mass is 10.1. The average Bonchev–Trinajstić information content (AvgIpc) is 3.06. The molecule has 27 heavy (non-hydrogen) atoms. The first-order chi connectivity index (χ1) is 13.0. The van der Waals surface area contributed by atoms with Crippen LogP contribution in [0.5, 0.6) is 11.5 Å². The van der Waals surface area contributed by atoms with Crippen LogP contribution in [0, 0.1) is 6.92 Å². The fourth-order valence-electron chi connectivity index (χ4n) is 2.93. The summed E-state index contributed by atoms with van der Waals surface area (Å²) in [6, 6.07) is 12.7. The Morgan fingerprint density at radius 1 is 1.15 bits per heavy atom. The van der Waals surface area contributed by atoms with Crippen molar-refractivity contribution in [3.63, 3.8) is 0 Å². The zero-order valence-electron chi connectivity index (χ0n) is 15.5. The zero-order chi connectivity index (χ0) is 19.4. The topological polar surface area (TPSA) is 77.1 Å². The van der Waals surface area contributed by atoms with E-state index in [9.17, 15) is 9.59 Å². The zero-order valence-corrected chi connectivity index (χ0v) is 15.5. The minimum Gasteiger partial charge on any atom is -0.496 e. The molecule has 1 atom stereocenters. The Hall–Kier alpha value is -3.22. The summed E-state index contributed by atoms with van der Waals surface area (Å²) in [4.78, 5) is 26.3. The lowest BCUT2D eigenvalue weighted by Crippen LogP contribution is -2.35. The molecule has 0 aromatic heterocycles. The number of rotatable bonds is 6. The van der Waals surface area contributed by atoms with E-state index in [2.05, 4.69) is 5.32 Å². The summed E-state index contributed by atoms with van der Waals surface area (Å²) in [7, 11) is 2.98. The third-order valence-corrected chi connectivity index (χ3v) is 4.36. The van der Waals surface area contributed by atoms with Crippen LogP contribution < -0.4 is 19.7 Å². The molecule has 2 aromatic carbocycles. The van der Waals surface area contributed by atoms with E-state index in [1.807, 2.05) is 31.2 Å². The van der Waals surface area contributed by atoms with Crippen LogP contribution >= 0.6 is 0 Å². The van der Waals surface area contributed by atoms with Crippen molar-refractivity contribution in [2.75, 3.05) is 32.2 Å². The van der Waals surface area contributed by atoms with Crippen molar-refractivity contribution in [3.8, 4) is 11.5 Å². The molecule has 1 aliphatic rings. The number of hydrogen-bond acceptors (Lipinski definition) is 5. The van der Waals surface area contributed by atoms with E-state index in [4.69, 9.17) is 14.2 Å². The Morgan fingerprint density at radius 3 is 2.37 bits per heavy atom. The summed E-state index contributed by atoms with van der Waals surface area (Å²) in [5, 5.41) is 2.79.